The maximum atomic E-state index is 13.4. The SMILES string of the molecule is CC(CNC(=O)c1ccnc(N)c1F)S(C)=O. The predicted molar refractivity (Wildman–Crippen MR) is 64.5 cm³/mol. The molecule has 2 unspecified atom stereocenters. The molecule has 2 atom stereocenters. The molecule has 1 heterocycles. The van der Waals surface area contributed by atoms with Gasteiger partial charge in [-0.05, 0) is 13.0 Å². The fourth-order valence-electron chi connectivity index (χ4n) is 1.08. The van der Waals surface area contributed by atoms with Gasteiger partial charge >= 0.3 is 0 Å². The first-order valence-corrected chi connectivity index (χ1v) is 6.56. The van der Waals surface area contributed by atoms with Crippen molar-refractivity contribution in [1.29, 1.82) is 0 Å². The van der Waals surface area contributed by atoms with Crippen molar-refractivity contribution in [3.05, 3.63) is 23.6 Å². The molecule has 17 heavy (non-hydrogen) atoms. The molecule has 1 rings (SSSR count). The Bertz CT molecular complexity index is 453. The van der Waals surface area contributed by atoms with Gasteiger partial charge in [0.15, 0.2) is 11.6 Å². The largest absolute Gasteiger partial charge is 0.381 e. The number of hydrogen-bond donors (Lipinski definition) is 2. The third-order valence-corrected chi connectivity index (χ3v) is 3.58. The molecular formula is C10H14FN3O2S. The van der Waals surface area contributed by atoms with Gasteiger partial charge in [0, 0.05) is 35.0 Å². The number of aromatic nitrogens is 1. The minimum absolute atomic E-state index is 0.161. The van der Waals surface area contributed by atoms with Crippen molar-refractivity contribution in [1.82, 2.24) is 10.3 Å². The van der Waals surface area contributed by atoms with E-state index in [0.717, 1.165) is 0 Å². The van der Waals surface area contributed by atoms with E-state index in [1.165, 1.54) is 12.3 Å². The van der Waals surface area contributed by atoms with Gasteiger partial charge < -0.3 is 11.1 Å². The second kappa shape index (κ2) is 5.72. The van der Waals surface area contributed by atoms with E-state index in [4.69, 9.17) is 5.73 Å². The van der Waals surface area contributed by atoms with E-state index in [2.05, 4.69) is 10.3 Å². The first kappa shape index (κ1) is 13.6. The number of nitrogen functional groups attached to an aromatic ring is 1. The summed E-state index contributed by atoms with van der Waals surface area (Å²) in [6.45, 7) is 1.94. The van der Waals surface area contributed by atoms with Crippen LogP contribution in [-0.2, 0) is 10.8 Å². The molecule has 0 fully saturated rings. The molecule has 3 N–H and O–H groups in total. The Labute approximate surface area is 101 Å². The van der Waals surface area contributed by atoms with Crippen LogP contribution in [0, 0.1) is 5.82 Å². The molecule has 0 aliphatic rings. The van der Waals surface area contributed by atoms with E-state index in [-0.39, 0.29) is 23.2 Å². The molecule has 0 saturated carbocycles. The Kier molecular flexibility index (Phi) is 4.56. The summed E-state index contributed by atoms with van der Waals surface area (Å²) in [6, 6.07) is 1.24. The number of rotatable bonds is 4. The molecule has 0 aliphatic heterocycles. The first-order chi connectivity index (χ1) is 7.93. The van der Waals surface area contributed by atoms with Crippen LogP contribution in [0.5, 0.6) is 0 Å². The van der Waals surface area contributed by atoms with Crippen LogP contribution < -0.4 is 11.1 Å². The predicted octanol–water partition coefficient (Wildman–Crippen LogP) is 0.300. The van der Waals surface area contributed by atoms with Gasteiger partial charge in [-0.3, -0.25) is 9.00 Å². The van der Waals surface area contributed by atoms with Crippen molar-refractivity contribution in [2.45, 2.75) is 12.2 Å². The second-order valence-corrected chi connectivity index (χ2v) is 5.38. The quantitative estimate of drug-likeness (QED) is 0.814. The highest BCUT2D eigenvalue weighted by molar-refractivity contribution is 7.84. The number of nitrogens with one attached hydrogen (secondary N) is 1. The van der Waals surface area contributed by atoms with Crippen molar-refractivity contribution >= 4 is 22.5 Å². The van der Waals surface area contributed by atoms with E-state index in [0.29, 0.717) is 0 Å². The van der Waals surface area contributed by atoms with Crippen LogP contribution >= 0.6 is 0 Å². The normalized spacial score (nSPS) is 14.1. The molecule has 0 spiro atoms. The van der Waals surface area contributed by atoms with E-state index < -0.39 is 22.5 Å². The summed E-state index contributed by atoms with van der Waals surface area (Å²) in [5.74, 6) is -1.74. The monoisotopic (exact) mass is 259 g/mol. The van der Waals surface area contributed by atoms with Gasteiger partial charge in [0.25, 0.3) is 5.91 Å². The third kappa shape index (κ3) is 3.48. The molecule has 0 saturated heterocycles. The van der Waals surface area contributed by atoms with Crippen LogP contribution in [0.25, 0.3) is 0 Å². The number of amides is 1. The van der Waals surface area contributed by atoms with Gasteiger partial charge in [0.05, 0.1) is 5.56 Å². The lowest BCUT2D eigenvalue weighted by Gasteiger charge is -2.10. The number of carbonyl (C=O) groups excluding carboxylic acids is 1. The molecule has 0 radical (unpaired) electrons. The van der Waals surface area contributed by atoms with Crippen LogP contribution in [0.4, 0.5) is 10.2 Å². The van der Waals surface area contributed by atoms with Crippen LogP contribution in [0.15, 0.2) is 12.3 Å². The number of anilines is 1. The lowest BCUT2D eigenvalue weighted by molar-refractivity contribution is 0.0950. The summed E-state index contributed by atoms with van der Waals surface area (Å²) in [7, 11) is -1.04. The Morgan fingerprint density at radius 1 is 1.71 bits per heavy atom. The van der Waals surface area contributed by atoms with E-state index >= 15 is 0 Å². The number of halogens is 1. The van der Waals surface area contributed by atoms with Gasteiger partial charge in [-0.1, -0.05) is 0 Å². The average molecular weight is 259 g/mol. The van der Waals surface area contributed by atoms with Crippen molar-refractivity contribution in [2.75, 3.05) is 18.5 Å². The van der Waals surface area contributed by atoms with E-state index in [1.54, 1.807) is 13.2 Å². The first-order valence-electron chi connectivity index (χ1n) is 4.94. The van der Waals surface area contributed by atoms with Gasteiger partial charge in [-0.2, -0.15) is 0 Å². The summed E-state index contributed by atoms with van der Waals surface area (Å²) >= 11 is 0. The topological polar surface area (TPSA) is 85.1 Å². The standard InChI is InChI=1S/C10H14FN3O2S/c1-6(17(2)16)5-14-10(15)7-3-4-13-9(12)8(7)11/h3-4,6H,5H2,1-2H3,(H2,12,13)(H,14,15). The minimum atomic E-state index is -1.04. The molecule has 1 aromatic rings. The van der Waals surface area contributed by atoms with Crippen LogP contribution in [-0.4, -0.2) is 33.2 Å². The number of pyridine rings is 1. The van der Waals surface area contributed by atoms with Gasteiger partial charge in [-0.25, -0.2) is 9.37 Å². The van der Waals surface area contributed by atoms with Crippen LogP contribution in [0.3, 0.4) is 0 Å². The summed E-state index contributed by atoms with van der Waals surface area (Å²) in [5.41, 5.74) is 5.09. The fourth-order valence-corrected chi connectivity index (χ4v) is 1.40. The number of nitrogens with zero attached hydrogens (tertiary/aromatic N) is 1. The van der Waals surface area contributed by atoms with Crippen molar-refractivity contribution in [3.63, 3.8) is 0 Å². The fraction of sp³-hybridized carbons (Fsp3) is 0.400. The summed E-state index contributed by atoms with van der Waals surface area (Å²) in [6.07, 6.45) is 2.80. The molecule has 1 aromatic heterocycles. The van der Waals surface area contributed by atoms with Crippen LogP contribution in [0.1, 0.15) is 17.3 Å². The number of nitrogens with two attached hydrogens (primary N) is 1. The lowest BCUT2D eigenvalue weighted by Crippen LogP contribution is -2.33. The maximum Gasteiger partial charge on any atom is 0.254 e. The molecular weight excluding hydrogens is 245 g/mol. The Morgan fingerprint density at radius 2 is 2.35 bits per heavy atom. The van der Waals surface area contributed by atoms with Gasteiger partial charge in [-0.15, -0.1) is 0 Å². The second-order valence-electron chi connectivity index (χ2n) is 3.58. The maximum absolute atomic E-state index is 13.4. The smallest absolute Gasteiger partial charge is 0.254 e. The Morgan fingerprint density at radius 3 is 2.94 bits per heavy atom. The molecule has 0 aliphatic carbocycles. The summed E-state index contributed by atoms with van der Waals surface area (Å²) in [4.78, 5) is 15.1. The van der Waals surface area contributed by atoms with Crippen LogP contribution in [0.2, 0.25) is 0 Å². The highest BCUT2D eigenvalue weighted by Gasteiger charge is 2.15. The van der Waals surface area contributed by atoms with Crippen molar-refractivity contribution < 1.29 is 13.4 Å². The Balaban J connectivity index is 2.71. The van der Waals surface area contributed by atoms with Gasteiger partial charge in [0.1, 0.15) is 0 Å². The summed E-state index contributed by atoms with van der Waals surface area (Å²) < 4.78 is 24.5. The van der Waals surface area contributed by atoms with Crippen molar-refractivity contribution in [2.24, 2.45) is 0 Å². The zero-order chi connectivity index (χ0) is 13.0. The molecule has 94 valence electrons. The highest BCUT2D eigenvalue weighted by atomic mass is 32.2. The number of hydrogen-bond acceptors (Lipinski definition) is 4. The zero-order valence-electron chi connectivity index (χ0n) is 9.57. The minimum Gasteiger partial charge on any atom is -0.381 e. The molecule has 1 amide bonds. The lowest BCUT2D eigenvalue weighted by atomic mass is 10.2. The van der Waals surface area contributed by atoms with Crippen molar-refractivity contribution in [3.8, 4) is 0 Å². The molecule has 0 bridgehead atoms. The highest BCUT2D eigenvalue weighted by Crippen LogP contribution is 2.11. The van der Waals surface area contributed by atoms with Gasteiger partial charge in [0.2, 0.25) is 0 Å². The van der Waals surface area contributed by atoms with E-state index in [9.17, 15) is 13.4 Å². The zero-order valence-corrected chi connectivity index (χ0v) is 10.4. The summed E-state index contributed by atoms with van der Waals surface area (Å²) in [5, 5.41) is 2.30. The van der Waals surface area contributed by atoms with E-state index in [1.807, 2.05) is 0 Å². The average Bonchev–Trinajstić information content (AvgIpc) is 2.29. The molecule has 5 nitrogen and oxygen atoms in total. The number of carbonyl (C=O) groups is 1. The molecule has 7 heteroatoms. The molecule has 0 aromatic carbocycles. The Hall–Kier alpha value is -1.50. The third-order valence-electron chi connectivity index (χ3n) is 2.28.